The van der Waals surface area contributed by atoms with Gasteiger partial charge < -0.3 is 4.90 Å². The van der Waals surface area contributed by atoms with Gasteiger partial charge in [0.25, 0.3) is 5.91 Å². The van der Waals surface area contributed by atoms with E-state index in [1.165, 1.54) is 4.90 Å². The monoisotopic (exact) mass is 202 g/mol. The fourth-order valence-corrected chi connectivity index (χ4v) is 1.28. The maximum Gasteiger partial charge on any atom is 0.327 e. The summed E-state index contributed by atoms with van der Waals surface area (Å²) in [5.74, 6) is -0.227. The van der Waals surface area contributed by atoms with Gasteiger partial charge in [-0.05, 0) is 6.92 Å². The normalized spacial score (nSPS) is 22.8. The topological polar surface area (TPSA) is 40.6 Å². The number of amides is 3. The molecule has 72 valence electrons. The van der Waals surface area contributed by atoms with E-state index in [9.17, 15) is 9.59 Å². The molecule has 4 nitrogen and oxygen atoms in total. The van der Waals surface area contributed by atoms with E-state index in [1.54, 1.807) is 14.0 Å². The first-order valence-corrected chi connectivity index (χ1v) is 4.24. The summed E-state index contributed by atoms with van der Waals surface area (Å²) in [4.78, 5) is 25.3. The molecule has 1 aliphatic rings. The van der Waals surface area contributed by atoms with Crippen molar-refractivity contribution in [3.63, 3.8) is 0 Å². The van der Waals surface area contributed by atoms with E-state index >= 15 is 0 Å². The molecule has 0 radical (unpaired) electrons. The number of likely N-dealkylation sites (N-methyl/N-ethyl adjacent to an activating group) is 1. The third kappa shape index (κ3) is 1.67. The van der Waals surface area contributed by atoms with Gasteiger partial charge >= 0.3 is 6.03 Å². The summed E-state index contributed by atoms with van der Waals surface area (Å²) in [6.45, 7) is 5.21. The van der Waals surface area contributed by atoms with Crippen LogP contribution in [0.25, 0.3) is 0 Å². The summed E-state index contributed by atoms with van der Waals surface area (Å²) < 4.78 is 0. The molecule has 0 N–H and O–H groups in total. The molecule has 1 saturated heterocycles. The number of halogens is 1. The van der Waals surface area contributed by atoms with Crippen LogP contribution in [0.2, 0.25) is 0 Å². The Morgan fingerprint density at radius 1 is 1.62 bits per heavy atom. The molecule has 3 amide bonds. The number of rotatable bonds is 2. The summed E-state index contributed by atoms with van der Waals surface area (Å²) in [5, 5.41) is 0.282. The molecule has 0 saturated carbocycles. The lowest BCUT2D eigenvalue weighted by Crippen LogP contribution is -2.32. The lowest BCUT2D eigenvalue weighted by Gasteiger charge is -2.12. The van der Waals surface area contributed by atoms with Gasteiger partial charge in [-0.25, -0.2) is 4.79 Å². The standard InChI is InChI=1S/C8H11ClN2O2/c1-5(9)4-11-7(12)6(2)10(3)8(11)13/h6H,1,4H2,2-3H3. The van der Waals surface area contributed by atoms with Crippen molar-refractivity contribution in [2.24, 2.45) is 0 Å². The Kier molecular flexibility index (Phi) is 2.61. The second kappa shape index (κ2) is 3.38. The molecular formula is C8H11ClN2O2. The van der Waals surface area contributed by atoms with Crippen molar-refractivity contribution in [3.8, 4) is 0 Å². The van der Waals surface area contributed by atoms with Crippen LogP contribution in [0.4, 0.5) is 4.79 Å². The first-order chi connectivity index (χ1) is 5.95. The Morgan fingerprint density at radius 2 is 2.15 bits per heavy atom. The molecule has 1 unspecified atom stereocenters. The van der Waals surface area contributed by atoms with Crippen molar-refractivity contribution in [2.75, 3.05) is 13.6 Å². The van der Waals surface area contributed by atoms with Gasteiger partial charge in [-0.1, -0.05) is 18.2 Å². The summed E-state index contributed by atoms with van der Waals surface area (Å²) in [5.41, 5.74) is 0. The van der Waals surface area contributed by atoms with Crippen LogP contribution in [0, 0.1) is 0 Å². The Morgan fingerprint density at radius 3 is 2.46 bits per heavy atom. The van der Waals surface area contributed by atoms with Gasteiger partial charge in [-0.15, -0.1) is 0 Å². The molecule has 1 aliphatic heterocycles. The molecule has 0 aliphatic carbocycles. The first-order valence-electron chi connectivity index (χ1n) is 3.86. The number of carbonyl (C=O) groups excluding carboxylic acids is 2. The average molecular weight is 203 g/mol. The van der Waals surface area contributed by atoms with Crippen molar-refractivity contribution < 1.29 is 9.59 Å². The lowest BCUT2D eigenvalue weighted by atomic mass is 10.3. The van der Waals surface area contributed by atoms with E-state index in [2.05, 4.69) is 6.58 Å². The molecule has 1 heterocycles. The molecule has 0 spiro atoms. The van der Waals surface area contributed by atoms with Crippen LogP contribution in [0.3, 0.4) is 0 Å². The van der Waals surface area contributed by atoms with Gasteiger partial charge in [-0.2, -0.15) is 0 Å². The largest absolute Gasteiger partial charge is 0.327 e. The van der Waals surface area contributed by atoms with E-state index < -0.39 is 6.04 Å². The highest BCUT2D eigenvalue weighted by Crippen LogP contribution is 2.16. The average Bonchev–Trinajstić information content (AvgIpc) is 2.22. The Labute approximate surface area is 81.7 Å². The quantitative estimate of drug-likeness (QED) is 0.628. The van der Waals surface area contributed by atoms with Crippen molar-refractivity contribution >= 4 is 23.5 Å². The highest BCUT2D eigenvalue weighted by Gasteiger charge is 2.39. The molecule has 0 aromatic rings. The van der Waals surface area contributed by atoms with Crippen LogP contribution in [0.15, 0.2) is 11.6 Å². The lowest BCUT2D eigenvalue weighted by molar-refractivity contribution is -0.127. The minimum Gasteiger partial charge on any atom is -0.316 e. The number of hydrogen-bond acceptors (Lipinski definition) is 2. The summed E-state index contributed by atoms with van der Waals surface area (Å²) in [6.07, 6.45) is 0. The van der Waals surface area contributed by atoms with Gasteiger partial charge in [0, 0.05) is 12.1 Å². The number of hydrogen-bond donors (Lipinski definition) is 0. The Bertz CT molecular complexity index is 257. The molecule has 0 aromatic carbocycles. The van der Waals surface area contributed by atoms with E-state index in [0.717, 1.165) is 4.90 Å². The zero-order valence-corrected chi connectivity index (χ0v) is 8.34. The van der Waals surface area contributed by atoms with Crippen LogP contribution in [-0.4, -0.2) is 41.4 Å². The van der Waals surface area contributed by atoms with Crippen molar-refractivity contribution in [2.45, 2.75) is 13.0 Å². The van der Waals surface area contributed by atoms with E-state index in [1.807, 2.05) is 0 Å². The predicted molar refractivity (Wildman–Crippen MR) is 49.3 cm³/mol. The zero-order valence-electron chi connectivity index (χ0n) is 7.58. The maximum absolute atomic E-state index is 11.4. The minimum atomic E-state index is -0.400. The predicted octanol–water partition coefficient (Wildman–Crippen LogP) is 1.02. The molecule has 0 bridgehead atoms. The van der Waals surface area contributed by atoms with E-state index in [-0.39, 0.29) is 23.5 Å². The van der Waals surface area contributed by atoms with Crippen LogP contribution in [0.1, 0.15) is 6.92 Å². The number of imide groups is 1. The number of carbonyl (C=O) groups is 2. The summed E-state index contributed by atoms with van der Waals surface area (Å²) in [6, 6.07) is -0.720. The molecule has 5 heteroatoms. The molecule has 13 heavy (non-hydrogen) atoms. The maximum atomic E-state index is 11.4. The summed E-state index contributed by atoms with van der Waals surface area (Å²) in [7, 11) is 1.59. The Balaban J connectivity index is 2.81. The number of nitrogens with zero attached hydrogens (tertiary/aromatic N) is 2. The SMILES string of the molecule is C=C(Cl)CN1C(=O)C(C)N(C)C1=O. The summed E-state index contributed by atoms with van der Waals surface area (Å²) >= 11 is 5.52. The molecule has 1 fully saturated rings. The molecule has 1 atom stereocenters. The van der Waals surface area contributed by atoms with Crippen molar-refractivity contribution in [1.29, 1.82) is 0 Å². The highest BCUT2D eigenvalue weighted by molar-refractivity contribution is 6.29. The third-order valence-corrected chi connectivity index (χ3v) is 2.19. The van der Waals surface area contributed by atoms with Crippen molar-refractivity contribution in [3.05, 3.63) is 11.6 Å². The zero-order chi connectivity index (χ0) is 10.2. The van der Waals surface area contributed by atoms with Crippen molar-refractivity contribution in [1.82, 2.24) is 9.80 Å². The van der Waals surface area contributed by atoms with Crippen LogP contribution < -0.4 is 0 Å². The minimum absolute atomic E-state index is 0.0912. The highest BCUT2D eigenvalue weighted by atomic mass is 35.5. The fourth-order valence-electron chi connectivity index (χ4n) is 1.16. The fraction of sp³-hybridized carbons (Fsp3) is 0.500. The van der Waals surface area contributed by atoms with Gasteiger partial charge in [-0.3, -0.25) is 9.69 Å². The van der Waals surface area contributed by atoms with Gasteiger partial charge in [0.15, 0.2) is 0 Å². The molecular weight excluding hydrogens is 192 g/mol. The Hall–Kier alpha value is -1.03. The molecule has 1 rings (SSSR count). The first kappa shape index (κ1) is 10.1. The second-order valence-electron chi connectivity index (χ2n) is 3.01. The van der Waals surface area contributed by atoms with Gasteiger partial charge in [0.1, 0.15) is 6.04 Å². The van der Waals surface area contributed by atoms with E-state index in [0.29, 0.717) is 0 Å². The molecule has 0 aromatic heterocycles. The van der Waals surface area contributed by atoms with Crippen LogP contribution in [-0.2, 0) is 4.79 Å². The van der Waals surface area contributed by atoms with Crippen LogP contribution in [0.5, 0.6) is 0 Å². The smallest absolute Gasteiger partial charge is 0.316 e. The second-order valence-corrected chi connectivity index (χ2v) is 3.55. The van der Waals surface area contributed by atoms with Gasteiger partial charge in [0.05, 0.1) is 6.54 Å². The van der Waals surface area contributed by atoms with Crippen LogP contribution >= 0.6 is 11.6 Å². The number of urea groups is 1. The van der Waals surface area contributed by atoms with E-state index in [4.69, 9.17) is 11.6 Å². The third-order valence-electron chi connectivity index (χ3n) is 2.07. The van der Waals surface area contributed by atoms with Gasteiger partial charge in [0.2, 0.25) is 0 Å².